The number of hydrogen-bond donors (Lipinski definition) is 1. The minimum Gasteiger partial charge on any atom is -0.392 e. The third-order valence-corrected chi connectivity index (χ3v) is 4.04. The molecule has 2 aromatic rings. The van der Waals surface area contributed by atoms with Crippen LogP contribution >= 0.6 is 23.4 Å². The molecule has 0 spiro atoms. The normalized spacial score (nSPS) is 10.4. The quantitative estimate of drug-likeness (QED) is 0.686. The van der Waals surface area contributed by atoms with Gasteiger partial charge in [0.25, 0.3) is 5.69 Å². The molecular formula is C13H10ClNO3S. The maximum absolute atomic E-state index is 11.0. The zero-order valence-electron chi connectivity index (χ0n) is 9.75. The van der Waals surface area contributed by atoms with Crippen LogP contribution in [0.2, 0.25) is 5.02 Å². The number of aliphatic hydroxyl groups is 1. The van der Waals surface area contributed by atoms with Crippen molar-refractivity contribution in [3.05, 3.63) is 63.2 Å². The number of halogens is 1. The molecule has 1 N–H and O–H groups in total. The Bertz CT molecular complexity index is 619. The van der Waals surface area contributed by atoms with Gasteiger partial charge in [0.2, 0.25) is 0 Å². The van der Waals surface area contributed by atoms with Crippen LogP contribution in [0.15, 0.2) is 52.3 Å². The lowest BCUT2D eigenvalue weighted by Crippen LogP contribution is -1.93. The Kier molecular flexibility index (Phi) is 4.42. The summed E-state index contributed by atoms with van der Waals surface area (Å²) in [6.07, 6.45) is 0. The third-order valence-electron chi connectivity index (χ3n) is 2.46. The van der Waals surface area contributed by atoms with Gasteiger partial charge in [-0.25, -0.2) is 0 Å². The van der Waals surface area contributed by atoms with Crippen molar-refractivity contribution in [1.29, 1.82) is 0 Å². The molecule has 6 heteroatoms. The van der Waals surface area contributed by atoms with Crippen LogP contribution in [0.5, 0.6) is 0 Å². The van der Waals surface area contributed by atoms with E-state index >= 15 is 0 Å². The van der Waals surface area contributed by atoms with Gasteiger partial charge in [0, 0.05) is 11.0 Å². The molecule has 0 bridgehead atoms. The Morgan fingerprint density at radius 3 is 2.58 bits per heavy atom. The van der Waals surface area contributed by atoms with Crippen LogP contribution < -0.4 is 0 Å². The molecular weight excluding hydrogens is 286 g/mol. The van der Waals surface area contributed by atoms with Crippen molar-refractivity contribution >= 4 is 29.1 Å². The van der Waals surface area contributed by atoms with Crippen LogP contribution in [0.3, 0.4) is 0 Å². The zero-order chi connectivity index (χ0) is 13.8. The molecule has 0 fully saturated rings. The summed E-state index contributed by atoms with van der Waals surface area (Å²) in [6.45, 7) is -0.224. The number of rotatable bonds is 4. The number of aliphatic hydroxyl groups excluding tert-OH is 1. The van der Waals surface area contributed by atoms with Crippen LogP contribution in [-0.4, -0.2) is 10.0 Å². The Balaban J connectivity index is 2.40. The number of hydrogen-bond acceptors (Lipinski definition) is 4. The fourth-order valence-corrected chi connectivity index (χ4v) is 2.71. The van der Waals surface area contributed by atoms with E-state index in [1.54, 1.807) is 30.3 Å². The van der Waals surface area contributed by atoms with E-state index < -0.39 is 4.92 Å². The minimum absolute atomic E-state index is 0.0310. The van der Waals surface area contributed by atoms with E-state index in [0.29, 0.717) is 15.5 Å². The molecule has 4 nitrogen and oxygen atoms in total. The van der Waals surface area contributed by atoms with Crippen molar-refractivity contribution in [3.63, 3.8) is 0 Å². The lowest BCUT2D eigenvalue weighted by Gasteiger charge is -2.06. The third kappa shape index (κ3) is 3.26. The van der Waals surface area contributed by atoms with Gasteiger partial charge in [0.1, 0.15) is 0 Å². The molecule has 0 saturated heterocycles. The number of nitro groups is 1. The minimum atomic E-state index is -0.460. The molecule has 2 aromatic carbocycles. The van der Waals surface area contributed by atoms with Crippen LogP contribution in [-0.2, 0) is 6.61 Å². The fraction of sp³-hybridized carbons (Fsp3) is 0.0769. The second-order valence-electron chi connectivity index (χ2n) is 3.75. The van der Waals surface area contributed by atoms with Gasteiger partial charge in [-0.3, -0.25) is 10.1 Å². The van der Waals surface area contributed by atoms with E-state index in [2.05, 4.69) is 0 Å². The molecule has 0 amide bonds. The SMILES string of the molecule is O=[N+]([O-])c1cc(CO)ccc1Sc1ccccc1Cl. The number of benzene rings is 2. The monoisotopic (exact) mass is 295 g/mol. The smallest absolute Gasteiger partial charge is 0.283 e. The standard InChI is InChI=1S/C13H10ClNO3S/c14-10-3-1-2-4-12(10)19-13-6-5-9(8-16)7-11(13)15(17)18/h1-7,16H,8H2. The van der Waals surface area contributed by atoms with Crippen molar-refractivity contribution < 1.29 is 10.0 Å². The molecule has 0 unspecified atom stereocenters. The van der Waals surface area contributed by atoms with Gasteiger partial charge in [-0.05, 0) is 23.8 Å². The lowest BCUT2D eigenvalue weighted by atomic mass is 10.2. The average Bonchev–Trinajstić information content (AvgIpc) is 2.41. The Labute approximate surface area is 119 Å². The second kappa shape index (κ2) is 6.06. The molecule has 0 atom stereocenters. The molecule has 0 saturated carbocycles. The van der Waals surface area contributed by atoms with Gasteiger partial charge in [-0.2, -0.15) is 0 Å². The molecule has 19 heavy (non-hydrogen) atoms. The van der Waals surface area contributed by atoms with Crippen molar-refractivity contribution in [2.24, 2.45) is 0 Å². The summed E-state index contributed by atoms with van der Waals surface area (Å²) in [7, 11) is 0. The van der Waals surface area contributed by atoms with Crippen molar-refractivity contribution in [2.75, 3.05) is 0 Å². The van der Waals surface area contributed by atoms with E-state index in [0.717, 1.165) is 4.90 Å². The summed E-state index contributed by atoms with van der Waals surface area (Å²) >= 11 is 7.27. The molecule has 0 aliphatic heterocycles. The van der Waals surface area contributed by atoms with Gasteiger partial charge in [0.05, 0.1) is 21.4 Å². The van der Waals surface area contributed by atoms with Gasteiger partial charge in [-0.1, -0.05) is 41.6 Å². The Hall–Kier alpha value is -1.56. The lowest BCUT2D eigenvalue weighted by molar-refractivity contribution is -0.387. The first-order valence-electron chi connectivity index (χ1n) is 5.42. The summed E-state index contributed by atoms with van der Waals surface area (Å²) in [5.41, 5.74) is 0.478. The van der Waals surface area contributed by atoms with Crippen molar-refractivity contribution in [1.82, 2.24) is 0 Å². The van der Waals surface area contributed by atoms with Gasteiger partial charge in [0.15, 0.2) is 0 Å². The van der Waals surface area contributed by atoms with E-state index in [1.807, 2.05) is 6.07 Å². The summed E-state index contributed by atoms with van der Waals surface area (Å²) < 4.78 is 0. The number of nitro benzene ring substituents is 1. The topological polar surface area (TPSA) is 63.4 Å². The summed E-state index contributed by atoms with van der Waals surface area (Å²) in [6, 6.07) is 11.8. The molecule has 0 radical (unpaired) electrons. The summed E-state index contributed by atoms with van der Waals surface area (Å²) in [5, 5.41) is 20.6. The zero-order valence-corrected chi connectivity index (χ0v) is 11.3. The van der Waals surface area contributed by atoms with Crippen LogP contribution in [0, 0.1) is 10.1 Å². The maximum Gasteiger partial charge on any atom is 0.283 e. The highest BCUT2D eigenvalue weighted by atomic mass is 35.5. The van der Waals surface area contributed by atoms with E-state index in [1.165, 1.54) is 17.8 Å². The molecule has 0 heterocycles. The molecule has 0 aliphatic carbocycles. The highest BCUT2D eigenvalue weighted by Gasteiger charge is 2.16. The highest BCUT2D eigenvalue weighted by Crippen LogP contribution is 2.38. The van der Waals surface area contributed by atoms with Gasteiger partial charge < -0.3 is 5.11 Å². The summed E-state index contributed by atoms with van der Waals surface area (Å²) in [5.74, 6) is 0. The first-order valence-corrected chi connectivity index (χ1v) is 6.62. The van der Waals surface area contributed by atoms with Crippen LogP contribution in [0.25, 0.3) is 0 Å². The molecule has 98 valence electrons. The van der Waals surface area contributed by atoms with E-state index in [9.17, 15) is 10.1 Å². The molecule has 0 aromatic heterocycles. The Morgan fingerprint density at radius 2 is 1.95 bits per heavy atom. The largest absolute Gasteiger partial charge is 0.392 e. The van der Waals surface area contributed by atoms with Crippen LogP contribution in [0.4, 0.5) is 5.69 Å². The molecule has 2 rings (SSSR count). The summed E-state index contributed by atoms with van der Waals surface area (Å²) in [4.78, 5) is 11.8. The molecule has 0 aliphatic rings. The van der Waals surface area contributed by atoms with E-state index in [4.69, 9.17) is 16.7 Å². The first kappa shape index (κ1) is 13.9. The highest BCUT2D eigenvalue weighted by molar-refractivity contribution is 7.99. The van der Waals surface area contributed by atoms with Crippen molar-refractivity contribution in [2.45, 2.75) is 16.4 Å². The predicted molar refractivity (Wildman–Crippen MR) is 74.6 cm³/mol. The first-order chi connectivity index (χ1) is 9.11. The van der Waals surface area contributed by atoms with Gasteiger partial charge in [-0.15, -0.1) is 0 Å². The second-order valence-corrected chi connectivity index (χ2v) is 5.24. The Morgan fingerprint density at radius 1 is 1.21 bits per heavy atom. The number of nitrogens with zero attached hydrogens (tertiary/aromatic N) is 1. The van der Waals surface area contributed by atoms with Gasteiger partial charge >= 0.3 is 0 Å². The fourth-order valence-electron chi connectivity index (χ4n) is 1.54. The van der Waals surface area contributed by atoms with Crippen molar-refractivity contribution in [3.8, 4) is 0 Å². The maximum atomic E-state index is 11.0. The predicted octanol–water partition coefficient (Wildman–Crippen LogP) is 3.89. The van der Waals surface area contributed by atoms with E-state index in [-0.39, 0.29) is 12.3 Å². The van der Waals surface area contributed by atoms with Crippen LogP contribution in [0.1, 0.15) is 5.56 Å². The average molecular weight is 296 g/mol.